The van der Waals surface area contributed by atoms with Crippen LogP contribution in [-0.2, 0) is 22.4 Å². The van der Waals surface area contributed by atoms with Crippen molar-refractivity contribution in [3.63, 3.8) is 0 Å². The molecular formula is C24H39IN4O2. The predicted octanol–water partition coefficient (Wildman–Crippen LogP) is 3.52. The monoisotopic (exact) mass is 542 g/mol. The van der Waals surface area contributed by atoms with Crippen LogP contribution in [0.3, 0.4) is 0 Å². The molecule has 0 aliphatic heterocycles. The number of hydrogen-bond acceptors (Lipinski definition) is 3. The zero-order valence-electron chi connectivity index (χ0n) is 19.4. The lowest BCUT2D eigenvalue weighted by molar-refractivity contribution is -0.127. The Balaban J connectivity index is 0.00000341. The van der Waals surface area contributed by atoms with Gasteiger partial charge in [-0.15, -0.1) is 24.0 Å². The van der Waals surface area contributed by atoms with Crippen molar-refractivity contribution in [2.24, 2.45) is 4.99 Å². The first-order chi connectivity index (χ1) is 14.4. The Hall–Kier alpha value is -1.35. The van der Waals surface area contributed by atoms with Crippen LogP contribution in [0, 0.1) is 0 Å². The molecule has 1 unspecified atom stereocenters. The topological polar surface area (TPSA) is 66.0 Å². The minimum Gasteiger partial charge on any atom is -0.376 e. The lowest BCUT2D eigenvalue weighted by Gasteiger charge is -2.33. The lowest BCUT2D eigenvalue weighted by Crippen LogP contribution is -2.50. The molecule has 2 N–H and O–H groups in total. The molecule has 3 rings (SSSR count). The van der Waals surface area contributed by atoms with E-state index in [-0.39, 0.29) is 42.5 Å². The van der Waals surface area contributed by atoms with Crippen LogP contribution in [-0.4, -0.2) is 61.7 Å². The summed E-state index contributed by atoms with van der Waals surface area (Å²) in [7, 11) is 3.54. The number of benzene rings is 1. The van der Waals surface area contributed by atoms with E-state index in [1.165, 1.54) is 11.1 Å². The smallest absolute Gasteiger partial charge is 0.243 e. The van der Waals surface area contributed by atoms with Crippen LogP contribution in [0.5, 0.6) is 0 Å². The molecule has 1 fully saturated rings. The lowest BCUT2D eigenvalue weighted by atomic mass is 9.88. The number of rotatable bonds is 6. The summed E-state index contributed by atoms with van der Waals surface area (Å²) in [5, 5.41) is 7.23. The molecule has 7 heteroatoms. The van der Waals surface area contributed by atoms with Gasteiger partial charge in [0.1, 0.15) is 6.54 Å². The number of hydrogen-bond donors (Lipinski definition) is 2. The van der Waals surface area contributed by atoms with E-state index in [1.54, 1.807) is 19.0 Å². The summed E-state index contributed by atoms with van der Waals surface area (Å²) in [5.41, 5.74) is 2.87. The summed E-state index contributed by atoms with van der Waals surface area (Å²) in [5.74, 6) is 0.780. The number of aryl methyl sites for hydroxylation is 1. The first kappa shape index (κ1) is 25.9. The minimum atomic E-state index is 0. The van der Waals surface area contributed by atoms with Crippen LogP contribution in [0.1, 0.15) is 57.1 Å². The molecule has 0 heterocycles. The van der Waals surface area contributed by atoms with Gasteiger partial charge >= 0.3 is 0 Å². The maximum absolute atomic E-state index is 12.1. The Morgan fingerprint density at radius 1 is 1.06 bits per heavy atom. The number of carbonyl (C=O) groups excluding carboxylic acids is 1. The van der Waals surface area contributed by atoms with E-state index in [4.69, 9.17) is 4.74 Å². The molecule has 1 aromatic rings. The van der Waals surface area contributed by atoms with Crippen molar-refractivity contribution in [3.8, 4) is 0 Å². The van der Waals surface area contributed by atoms with Crippen molar-refractivity contribution in [1.29, 1.82) is 0 Å². The molecule has 2 aliphatic rings. The van der Waals surface area contributed by atoms with Crippen LogP contribution in [0.15, 0.2) is 29.3 Å². The van der Waals surface area contributed by atoms with Gasteiger partial charge in [-0.25, -0.2) is 4.99 Å². The molecule has 2 aliphatic carbocycles. The number of halogens is 1. The summed E-state index contributed by atoms with van der Waals surface area (Å²) in [6.07, 6.45) is 8.05. The Bertz CT molecular complexity index is 730. The number of nitrogens with zero attached hydrogens (tertiary/aromatic N) is 2. The highest BCUT2D eigenvalue weighted by Crippen LogP contribution is 2.23. The van der Waals surface area contributed by atoms with Gasteiger partial charge in [0.2, 0.25) is 5.91 Å². The van der Waals surface area contributed by atoms with Crippen molar-refractivity contribution < 1.29 is 9.53 Å². The molecule has 0 spiro atoms. The zero-order valence-corrected chi connectivity index (χ0v) is 21.7. The van der Waals surface area contributed by atoms with Crippen LogP contribution in [0.25, 0.3) is 0 Å². The predicted molar refractivity (Wildman–Crippen MR) is 137 cm³/mol. The molecule has 6 nitrogen and oxygen atoms in total. The van der Waals surface area contributed by atoms with E-state index in [9.17, 15) is 4.79 Å². The summed E-state index contributed by atoms with van der Waals surface area (Å²) >= 11 is 0. The number of ether oxygens (including phenoxy) is 1. The molecule has 31 heavy (non-hydrogen) atoms. The molecule has 1 amide bonds. The quantitative estimate of drug-likeness (QED) is 0.328. The zero-order chi connectivity index (χ0) is 21.5. The fourth-order valence-corrected chi connectivity index (χ4v) is 4.36. The SMILES string of the molecule is CC(C)OC1CCC(NC(=NCC(=O)N(C)C)NC2CCc3ccccc3C2)CC1.I. The Labute approximate surface area is 204 Å². The van der Waals surface area contributed by atoms with Crippen molar-refractivity contribution in [2.75, 3.05) is 20.6 Å². The van der Waals surface area contributed by atoms with E-state index in [1.807, 2.05) is 0 Å². The van der Waals surface area contributed by atoms with Gasteiger partial charge in [0, 0.05) is 26.2 Å². The van der Waals surface area contributed by atoms with Crippen LogP contribution in [0.4, 0.5) is 0 Å². The second kappa shape index (κ2) is 12.6. The average Bonchev–Trinajstić information content (AvgIpc) is 2.72. The van der Waals surface area contributed by atoms with E-state index >= 15 is 0 Å². The molecular weight excluding hydrogens is 503 g/mol. The molecule has 1 aromatic carbocycles. The van der Waals surface area contributed by atoms with Crippen molar-refractivity contribution in [2.45, 2.75) is 83.1 Å². The second-order valence-electron chi connectivity index (χ2n) is 9.11. The standard InChI is InChI=1S/C24H38N4O2.HI/c1-17(2)30-22-13-11-20(12-14-22)26-24(25-16-23(29)28(3)4)27-21-10-9-18-7-5-6-8-19(18)15-21;/h5-8,17,20-22H,9-16H2,1-4H3,(H2,25,26,27);1H. The number of guanidine groups is 1. The van der Waals surface area contributed by atoms with Gasteiger partial charge in [-0.2, -0.15) is 0 Å². The van der Waals surface area contributed by atoms with Gasteiger partial charge in [-0.05, 0) is 69.9 Å². The van der Waals surface area contributed by atoms with Gasteiger partial charge in [-0.1, -0.05) is 24.3 Å². The fourth-order valence-electron chi connectivity index (χ4n) is 4.36. The number of likely N-dealkylation sites (N-methyl/N-ethyl adjacent to an activating group) is 1. The molecule has 0 radical (unpaired) electrons. The molecule has 0 aromatic heterocycles. The number of aliphatic imine (C=N–C) groups is 1. The van der Waals surface area contributed by atoms with Gasteiger partial charge in [0.15, 0.2) is 5.96 Å². The highest BCUT2D eigenvalue weighted by molar-refractivity contribution is 14.0. The summed E-state index contributed by atoms with van der Waals surface area (Å²) < 4.78 is 5.98. The number of amides is 1. The first-order valence-electron chi connectivity index (χ1n) is 11.4. The van der Waals surface area contributed by atoms with Gasteiger partial charge in [-0.3, -0.25) is 4.79 Å². The van der Waals surface area contributed by atoms with Gasteiger partial charge < -0.3 is 20.3 Å². The molecule has 0 saturated heterocycles. The van der Waals surface area contributed by atoms with Crippen LogP contribution >= 0.6 is 24.0 Å². The van der Waals surface area contributed by atoms with Gasteiger partial charge in [0.05, 0.1) is 12.2 Å². The van der Waals surface area contributed by atoms with Gasteiger partial charge in [0.25, 0.3) is 0 Å². The molecule has 174 valence electrons. The highest BCUT2D eigenvalue weighted by atomic mass is 127. The summed E-state index contributed by atoms with van der Waals surface area (Å²) in [4.78, 5) is 18.3. The number of fused-ring (bicyclic) bond motifs is 1. The van der Waals surface area contributed by atoms with Crippen LogP contribution < -0.4 is 10.6 Å². The van der Waals surface area contributed by atoms with E-state index in [0.717, 1.165) is 50.9 Å². The molecule has 1 atom stereocenters. The van der Waals surface area contributed by atoms with Crippen molar-refractivity contribution in [3.05, 3.63) is 35.4 Å². The third-order valence-corrected chi connectivity index (χ3v) is 6.04. The normalized spacial score (nSPS) is 23.5. The third-order valence-electron chi connectivity index (χ3n) is 6.04. The number of nitrogens with one attached hydrogen (secondary N) is 2. The van der Waals surface area contributed by atoms with E-state index in [2.05, 4.69) is 53.7 Å². The van der Waals surface area contributed by atoms with Crippen LogP contribution in [0.2, 0.25) is 0 Å². The maximum atomic E-state index is 12.1. The Morgan fingerprint density at radius 2 is 1.71 bits per heavy atom. The second-order valence-corrected chi connectivity index (χ2v) is 9.11. The van der Waals surface area contributed by atoms with E-state index < -0.39 is 0 Å². The largest absolute Gasteiger partial charge is 0.376 e. The molecule has 1 saturated carbocycles. The first-order valence-corrected chi connectivity index (χ1v) is 11.4. The minimum absolute atomic E-state index is 0. The van der Waals surface area contributed by atoms with E-state index in [0.29, 0.717) is 18.2 Å². The van der Waals surface area contributed by atoms with Crippen molar-refractivity contribution >= 4 is 35.8 Å². The summed E-state index contributed by atoms with van der Waals surface area (Å²) in [6.45, 7) is 4.36. The Morgan fingerprint density at radius 3 is 2.35 bits per heavy atom. The maximum Gasteiger partial charge on any atom is 0.243 e. The fraction of sp³-hybridized carbons (Fsp3) is 0.667. The highest BCUT2D eigenvalue weighted by Gasteiger charge is 2.25. The third kappa shape index (κ3) is 8.25. The average molecular weight is 543 g/mol. The summed E-state index contributed by atoms with van der Waals surface area (Å²) in [6, 6.07) is 9.38. The Kier molecular flexibility index (Phi) is 10.6. The number of carbonyl (C=O) groups is 1. The van der Waals surface area contributed by atoms with Crippen molar-refractivity contribution in [1.82, 2.24) is 15.5 Å². The molecule has 0 bridgehead atoms.